The van der Waals surface area contributed by atoms with E-state index in [0.29, 0.717) is 23.5 Å². The van der Waals surface area contributed by atoms with Crippen molar-refractivity contribution in [2.24, 2.45) is 5.92 Å². The summed E-state index contributed by atoms with van der Waals surface area (Å²) in [5.74, 6) is 1.15. The number of rotatable bonds is 7. The maximum Gasteiger partial charge on any atom is 0.150 e. The van der Waals surface area contributed by atoms with Crippen molar-refractivity contribution in [2.75, 3.05) is 26.2 Å². The Labute approximate surface area is 204 Å². The molecule has 35 heavy (non-hydrogen) atoms. The van der Waals surface area contributed by atoms with E-state index in [4.69, 9.17) is 9.47 Å². The van der Waals surface area contributed by atoms with Crippen LogP contribution in [0.2, 0.25) is 0 Å². The first-order valence-electron chi connectivity index (χ1n) is 12.0. The van der Waals surface area contributed by atoms with Gasteiger partial charge in [-0.2, -0.15) is 0 Å². The molecule has 0 saturated carbocycles. The Morgan fingerprint density at radius 1 is 1.00 bits per heavy atom. The molecule has 0 aromatic heterocycles. The molecule has 1 saturated heterocycles. The van der Waals surface area contributed by atoms with Crippen LogP contribution < -0.4 is 9.47 Å². The van der Waals surface area contributed by atoms with Crippen LogP contribution >= 0.6 is 0 Å². The lowest BCUT2D eigenvalue weighted by Gasteiger charge is -2.38. The predicted octanol–water partition coefficient (Wildman–Crippen LogP) is 6.46. The van der Waals surface area contributed by atoms with Crippen LogP contribution in [0.3, 0.4) is 0 Å². The maximum atomic E-state index is 14.9. The van der Waals surface area contributed by atoms with Gasteiger partial charge < -0.3 is 14.6 Å². The Bertz CT molecular complexity index is 1250. The molecular weight excluding hydrogens is 448 g/mol. The molecule has 0 amide bonds. The molecule has 3 aromatic rings. The smallest absolute Gasteiger partial charge is 0.150 e. The van der Waals surface area contributed by atoms with E-state index in [9.17, 15) is 13.9 Å². The summed E-state index contributed by atoms with van der Waals surface area (Å²) < 4.78 is 41.2. The summed E-state index contributed by atoms with van der Waals surface area (Å²) in [6.45, 7) is 7.86. The molecule has 5 rings (SSSR count). The Morgan fingerprint density at radius 3 is 2.51 bits per heavy atom. The third-order valence-corrected chi connectivity index (χ3v) is 6.97. The fraction of sp³-hybridized carbons (Fsp3) is 0.310. The van der Waals surface area contributed by atoms with Gasteiger partial charge in [0.2, 0.25) is 0 Å². The molecule has 4 nitrogen and oxygen atoms in total. The summed E-state index contributed by atoms with van der Waals surface area (Å²) in [6, 6.07) is 15.8. The fourth-order valence-corrected chi connectivity index (χ4v) is 4.87. The topological polar surface area (TPSA) is 41.9 Å². The summed E-state index contributed by atoms with van der Waals surface area (Å²) in [4.78, 5) is 2.39. The average molecular weight is 478 g/mol. The predicted molar refractivity (Wildman–Crippen MR) is 132 cm³/mol. The van der Waals surface area contributed by atoms with Crippen molar-refractivity contribution in [1.29, 1.82) is 0 Å². The highest BCUT2D eigenvalue weighted by atomic mass is 19.1. The van der Waals surface area contributed by atoms with E-state index >= 15 is 0 Å². The van der Waals surface area contributed by atoms with Crippen molar-refractivity contribution in [3.63, 3.8) is 0 Å². The monoisotopic (exact) mass is 477 g/mol. The number of hydrogen-bond acceptors (Lipinski definition) is 4. The zero-order chi connectivity index (χ0) is 24.5. The Morgan fingerprint density at radius 2 is 1.77 bits per heavy atom. The number of nitrogens with zero attached hydrogens (tertiary/aromatic N) is 1. The van der Waals surface area contributed by atoms with Gasteiger partial charge in [0.25, 0.3) is 0 Å². The number of halogens is 2. The van der Waals surface area contributed by atoms with Gasteiger partial charge in [0, 0.05) is 36.3 Å². The second-order valence-electron chi connectivity index (χ2n) is 9.29. The number of phenolic OH excluding ortho intramolecular Hbond substituents is 1. The zero-order valence-corrected chi connectivity index (χ0v) is 19.9. The Balaban J connectivity index is 1.41. The summed E-state index contributed by atoms with van der Waals surface area (Å²) in [5.41, 5.74) is 2.83. The molecule has 2 heterocycles. The van der Waals surface area contributed by atoms with Gasteiger partial charge in [-0.3, -0.25) is 4.90 Å². The van der Waals surface area contributed by atoms with E-state index in [1.54, 1.807) is 18.2 Å². The summed E-state index contributed by atoms with van der Waals surface area (Å²) >= 11 is 0. The molecule has 3 aromatic carbocycles. The van der Waals surface area contributed by atoms with Crippen LogP contribution in [-0.2, 0) is 0 Å². The Hall–Kier alpha value is -3.38. The van der Waals surface area contributed by atoms with Crippen molar-refractivity contribution >= 4 is 11.1 Å². The molecule has 0 unspecified atom stereocenters. The van der Waals surface area contributed by atoms with E-state index in [0.717, 1.165) is 54.6 Å². The lowest BCUT2D eigenvalue weighted by Crippen LogP contribution is -2.47. The number of hydrogen-bond donors (Lipinski definition) is 1. The van der Waals surface area contributed by atoms with E-state index in [2.05, 4.69) is 11.8 Å². The van der Waals surface area contributed by atoms with Crippen LogP contribution in [-0.4, -0.2) is 36.2 Å². The van der Waals surface area contributed by atoms with Crippen LogP contribution in [0.1, 0.15) is 43.1 Å². The first-order chi connectivity index (χ1) is 16.9. The van der Waals surface area contributed by atoms with Crippen LogP contribution in [0, 0.1) is 17.6 Å². The third kappa shape index (κ3) is 4.76. The number of likely N-dealkylation sites (tertiary alicyclic amines) is 1. The molecule has 2 aliphatic heterocycles. The van der Waals surface area contributed by atoms with E-state index in [-0.39, 0.29) is 11.3 Å². The molecular formula is C29H29F2NO3. The summed E-state index contributed by atoms with van der Waals surface area (Å²) in [6.07, 6.45) is 0.577. The van der Waals surface area contributed by atoms with Crippen LogP contribution in [0.5, 0.6) is 17.2 Å². The SMILES string of the molecule is CCC1CN(CCOc2ccc([C@@H]3Oc4ccc(O)cc4C(C)=C3c3cc(F)ccc3F)cc2)C1. The first-order valence-corrected chi connectivity index (χ1v) is 12.0. The molecule has 1 fully saturated rings. The average Bonchev–Trinajstić information content (AvgIpc) is 2.83. The van der Waals surface area contributed by atoms with Crippen molar-refractivity contribution in [1.82, 2.24) is 4.90 Å². The van der Waals surface area contributed by atoms with Gasteiger partial charge in [-0.15, -0.1) is 0 Å². The number of benzene rings is 3. The maximum absolute atomic E-state index is 14.9. The highest BCUT2D eigenvalue weighted by molar-refractivity contribution is 5.95. The summed E-state index contributed by atoms with van der Waals surface area (Å²) in [7, 11) is 0. The van der Waals surface area contributed by atoms with Crippen molar-refractivity contribution in [2.45, 2.75) is 26.4 Å². The largest absolute Gasteiger partial charge is 0.508 e. The van der Waals surface area contributed by atoms with E-state index < -0.39 is 17.7 Å². The van der Waals surface area contributed by atoms with Gasteiger partial charge in [0.05, 0.1) is 0 Å². The first kappa shape index (κ1) is 23.4. The van der Waals surface area contributed by atoms with Crippen LogP contribution in [0.4, 0.5) is 8.78 Å². The van der Waals surface area contributed by atoms with Gasteiger partial charge in [-0.25, -0.2) is 8.78 Å². The molecule has 0 radical (unpaired) electrons. The van der Waals surface area contributed by atoms with Crippen molar-refractivity contribution in [3.8, 4) is 17.2 Å². The van der Waals surface area contributed by atoms with Gasteiger partial charge >= 0.3 is 0 Å². The van der Waals surface area contributed by atoms with Crippen molar-refractivity contribution in [3.05, 3.63) is 89.0 Å². The normalized spacial score (nSPS) is 18.1. The fourth-order valence-electron chi connectivity index (χ4n) is 4.87. The minimum atomic E-state index is -0.649. The number of phenols is 1. The summed E-state index contributed by atoms with van der Waals surface area (Å²) in [5, 5.41) is 10.00. The van der Waals surface area contributed by atoms with Gasteiger partial charge in [0.1, 0.15) is 41.6 Å². The second-order valence-corrected chi connectivity index (χ2v) is 9.29. The highest BCUT2D eigenvalue weighted by Gasteiger charge is 2.31. The second kappa shape index (κ2) is 9.70. The van der Waals surface area contributed by atoms with Crippen LogP contribution in [0.15, 0.2) is 60.7 Å². The third-order valence-electron chi connectivity index (χ3n) is 6.97. The zero-order valence-electron chi connectivity index (χ0n) is 19.9. The van der Waals surface area contributed by atoms with Crippen molar-refractivity contribution < 1.29 is 23.4 Å². The lowest BCUT2D eigenvalue weighted by atomic mass is 9.86. The molecule has 0 bridgehead atoms. The van der Waals surface area contributed by atoms with Gasteiger partial charge in [-0.05, 0) is 72.5 Å². The molecule has 0 aliphatic carbocycles. The molecule has 1 atom stereocenters. The Kier molecular flexibility index (Phi) is 6.48. The highest BCUT2D eigenvalue weighted by Crippen LogP contribution is 2.48. The van der Waals surface area contributed by atoms with Crippen LogP contribution in [0.25, 0.3) is 11.1 Å². The molecule has 0 spiro atoms. The number of ether oxygens (including phenoxy) is 2. The van der Waals surface area contributed by atoms with Gasteiger partial charge in [-0.1, -0.05) is 25.5 Å². The number of fused-ring (bicyclic) bond motifs is 1. The molecule has 182 valence electrons. The molecule has 1 N–H and O–H groups in total. The molecule has 6 heteroatoms. The quantitative estimate of drug-likeness (QED) is 0.424. The number of aromatic hydroxyl groups is 1. The van der Waals surface area contributed by atoms with E-state index in [1.807, 2.05) is 31.2 Å². The minimum absolute atomic E-state index is 0.0779. The minimum Gasteiger partial charge on any atom is -0.508 e. The molecule has 2 aliphatic rings. The number of allylic oxidation sites excluding steroid dienone is 1. The lowest BCUT2D eigenvalue weighted by molar-refractivity contribution is 0.0806. The van der Waals surface area contributed by atoms with E-state index in [1.165, 1.54) is 12.5 Å². The standard InChI is InChI=1S/C29H29F2NO3/c1-3-19-16-32(17-19)12-13-34-23-8-4-20(5-9-23)29-28(25-14-21(30)6-10-26(25)31)18(2)24-15-22(33)7-11-27(24)35-29/h4-11,14-15,19,29,33H,3,12-13,16-17H2,1-2H3/t29-/m0/s1. The van der Waals surface area contributed by atoms with Gasteiger partial charge in [0.15, 0.2) is 0 Å².